The van der Waals surface area contributed by atoms with Gasteiger partial charge >= 0.3 is 0 Å². The molecule has 3 nitrogen and oxygen atoms in total. The van der Waals surface area contributed by atoms with Crippen molar-refractivity contribution in [3.63, 3.8) is 0 Å². The van der Waals surface area contributed by atoms with Crippen molar-refractivity contribution in [1.82, 2.24) is 9.47 Å². The van der Waals surface area contributed by atoms with Gasteiger partial charge in [-0.1, -0.05) is 36.4 Å². The lowest BCUT2D eigenvalue weighted by molar-refractivity contribution is -0.134. The van der Waals surface area contributed by atoms with Gasteiger partial charge in [-0.15, -0.1) is 11.3 Å². The zero-order chi connectivity index (χ0) is 17.8. The summed E-state index contributed by atoms with van der Waals surface area (Å²) in [7, 11) is 0. The van der Waals surface area contributed by atoms with E-state index in [4.69, 9.17) is 0 Å². The number of nitrogens with zero attached hydrogens (tertiary/aromatic N) is 2. The molecule has 0 aliphatic carbocycles. The van der Waals surface area contributed by atoms with Gasteiger partial charge in [0.15, 0.2) is 0 Å². The third-order valence-corrected chi connectivity index (χ3v) is 6.04. The number of aryl methyl sites for hydroxylation is 1. The quantitative estimate of drug-likeness (QED) is 0.572. The Morgan fingerprint density at radius 3 is 2.69 bits per heavy atom. The second-order valence-corrected chi connectivity index (χ2v) is 7.80. The molecule has 134 valence electrons. The lowest BCUT2D eigenvalue weighted by atomic mass is 10.0. The van der Waals surface area contributed by atoms with Gasteiger partial charge in [-0.25, -0.2) is 0 Å². The number of amides is 1. The monoisotopic (exact) mass is 364 g/mol. The SMILES string of the molecule is O=C(CCCCc1ccccc1)N1CCn2cccc2C1c1cccs1. The summed E-state index contributed by atoms with van der Waals surface area (Å²) in [6.45, 7) is 1.68. The van der Waals surface area contributed by atoms with Crippen LogP contribution in [0.25, 0.3) is 0 Å². The molecule has 0 saturated heterocycles. The van der Waals surface area contributed by atoms with Crippen LogP contribution in [0.4, 0.5) is 0 Å². The predicted molar refractivity (Wildman–Crippen MR) is 106 cm³/mol. The molecule has 1 atom stereocenters. The molecule has 0 bridgehead atoms. The molecule has 0 fully saturated rings. The van der Waals surface area contributed by atoms with Gasteiger partial charge in [0, 0.05) is 36.3 Å². The molecule has 0 saturated carbocycles. The lowest BCUT2D eigenvalue weighted by Crippen LogP contribution is -2.42. The van der Waals surface area contributed by atoms with E-state index in [1.165, 1.54) is 16.1 Å². The Kier molecular flexibility index (Phi) is 5.21. The van der Waals surface area contributed by atoms with Gasteiger partial charge in [-0.3, -0.25) is 4.79 Å². The van der Waals surface area contributed by atoms with Crippen LogP contribution in [0.15, 0.2) is 66.2 Å². The summed E-state index contributed by atoms with van der Waals surface area (Å²) in [5.74, 6) is 0.281. The normalized spacial score (nSPS) is 16.5. The zero-order valence-electron chi connectivity index (χ0n) is 14.9. The van der Waals surface area contributed by atoms with Crippen LogP contribution in [-0.4, -0.2) is 21.9 Å². The van der Waals surface area contributed by atoms with Crippen LogP contribution < -0.4 is 0 Å². The van der Waals surface area contributed by atoms with Crippen LogP contribution in [0, 0.1) is 0 Å². The maximum absolute atomic E-state index is 13.0. The summed E-state index contributed by atoms with van der Waals surface area (Å²) in [4.78, 5) is 16.3. The van der Waals surface area contributed by atoms with Crippen LogP contribution in [0.1, 0.15) is 41.4 Å². The number of rotatable bonds is 6. The van der Waals surface area contributed by atoms with E-state index in [9.17, 15) is 4.79 Å². The van der Waals surface area contributed by atoms with Crippen LogP contribution in [0.5, 0.6) is 0 Å². The van der Waals surface area contributed by atoms with Crippen molar-refractivity contribution in [3.05, 3.63) is 82.3 Å². The molecule has 0 radical (unpaired) electrons. The van der Waals surface area contributed by atoms with Crippen molar-refractivity contribution >= 4 is 17.2 Å². The van der Waals surface area contributed by atoms with Gasteiger partial charge in [-0.2, -0.15) is 0 Å². The molecule has 1 amide bonds. The maximum Gasteiger partial charge on any atom is 0.223 e. The minimum Gasteiger partial charge on any atom is -0.347 e. The Labute approximate surface area is 158 Å². The third-order valence-electron chi connectivity index (χ3n) is 5.12. The molecule has 0 N–H and O–H groups in total. The maximum atomic E-state index is 13.0. The van der Waals surface area contributed by atoms with E-state index in [0.29, 0.717) is 6.42 Å². The Morgan fingerprint density at radius 1 is 1.00 bits per heavy atom. The molecule has 1 unspecified atom stereocenters. The standard InChI is InChI=1S/C22H24N2OS/c25-21(13-5-4-10-18-8-2-1-3-9-18)24-16-15-23-14-6-11-19(23)22(24)20-12-7-17-26-20/h1-3,6-9,11-12,14,17,22H,4-5,10,13,15-16H2. The first kappa shape index (κ1) is 17.1. The summed E-state index contributed by atoms with van der Waals surface area (Å²) < 4.78 is 2.28. The number of carbonyl (C=O) groups is 1. The van der Waals surface area contributed by atoms with Gasteiger partial charge in [0.1, 0.15) is 6.04 Å². The largest absolute Gasteiger partial charge is 0.347 e. The second-order valence-electron chi connectivity index (χ2n) is 6.82. The number of carbonyl (C=O) groups excluding carboxylic acids is 1. The van der Waals surface area contributed by atoms with Crippen molar-refractivity contribution in [2.45, 2.75) is 38.3 Å². The highest BCUT2D eigenvalue weighted by Crippen LogP contribution is 2.35. The fraction of sp³-hybridized carbons (Fsp3) is 0.318. The summed E-state index contributed by atoms with van der Waals surface area (Å²) in [5.41, 5.74) is 2.59. The summed E-state index contributed by atoms with van der Waals surface area (Å²) in [5, 5.41) is 2.10. The molecule has 26 heavy (non-hydrogen) atoms. The molecule has 3 aromatic rings. The predicted octanol–water partition coefficient (Wildman–Crippen LogP) is 4.89. The number of thiophene rings is 1. The van der Waals surface area contributed by atoms with E-state index < -0.39 is 0 Å². The Bertz CT molecular complexity index is 838. The number of benzene rings is 1. The Morgan fingerprint density at radius 2 is 1.88 bits per heavy atom. The van der Waals surface area contributed by atoms with Crippen molar-refractivity contribution in [1.29, 1.82) is 0 Å². The highest BCUT2D eigenvalue weighted by atomic mass is 32.1. The number of aromatic nitrogens is 1. The third kappa shape index (κ3) is 3.61. The highest BCUT2D eigenvalue weighted by molar-refractivity contribution is 7.10. The molecular weight excluding hydrogens is 340 g/mol. The van der Waals surface area contributed by atoms with E-state index >= 15 is 0 Å². The lowest BCUT2D eigenvalue weighted by Gasteiger charge is -2.36. The fourth-order valence-corrected chi connectivity index (χ4v) is 4.64. The average molecular weight is 365 g/mol. The molecule has 4 rings (SSSR count). The van der Waals surface area contributed by atoms with Gasteiger partial charge in [0.2, 0.25) is 5.91 Å². The molecule has 1 aliphatic heterocycles. The topological polar surface area (TPSA) is 25.2 Å². The van der Waals surface area contributed by atoms with E-state index in [-0.39, 0.29) is 11.9 Å². The Hall–Kier alpha value is -2.33. The number of unbranched alkanes of at least 4 members (excludes halogenated alkanes) is 1. The van der Waals surface area contributed by atoms with Gasteiger partial charge in [0.05, 0.1) is 0 Å². The smallest absolute Gasteiger partial charge is 0.223 e. The minimum atomic E-state index is 0.0698. The van der Waals surface area contributed by atoms with E-state index in [0.717, 1.165) is 32.4 Å². The molecule has 4 heteroatoms. The first-order chi connectivity index (χ1) is 12.8. The fourth-order valence-electron chi connectivity index (χ4n) is 3.79. The number of fused-ring (bicyclic) bond motifs is 1. The molecular formula is C22H24N2OS. The number of hydrogen-bond acceptors (Lipinski definition) is 2. The molecule has 0 spiro atoms. The van der Waals surface area contributed by atoms with Crippen LogP contribution in [0.2, 0.25) is 0 Å². The van der Waals surface area contributed by atoms with Crippen molar-refractivity contribution in [2.24, 2.45) is 0 Å². The molecule has 3 heterocycles. The molecule has 1 aromatic carbocycles. The van der Waals surface area contributed by atoms with Crippen LogP contribution >= 0.6 is 11.3 Å². The summed E-state index contributed by atoms with van der Waals surface area (Å²) >= 11 is 1.74. The van der Waals surface area contributed by atoms with E-state index in [1.807, 2.05) is 6.07 Å². The van der Waals surface area contributed by atoms with E-state index in [1.54, 1.807) is 11.3 Å². The Balaban J connectivity index is 1.40. The first-order valence-corrected chi connectivity index (χ1v) is 10.2. The second kappa shape index (κ2) is 7.92. The minimum absolute atomic E-state index is 0.0698. The summed E-state index contributed by atoms with van der Waals surface area (Å²) in [6, 6.07) is 19.1. The highest BCUT2D eigenvalue weighted by Gasteiger charge is 2.32. The number of hydrogen-bond donors (Lipinski definition) is 0. The van der Waals surface area contributed by atoms with Crippen molar-refractivity contribution < 1.29 is 4.79 Å². The van der Waals surface area contributed by atoms with Gasteiger partial charge < -0.3 is 9.47 Å². The summed E-state index contributed by atoms with van der Waals surface area (Å²) in [6.07, 6.45) is 5.81. The van der Waals surface area contributed by atoms with Crippen molar-refractivity contribution in [2.75, 3.05) is 6.54 Å². The molecule has 1 aliphatic rings. The van der Waals surface area contributed by atoms with Crippen LogP contribution in [0.3, 0.4) is 0 Å². The van der Waals surface area contributed by atoms with Gasteiger partial charge in [0.25, 0.3) is 0 Å². The van der Waals surface area contributed by atoms with E-state index in [2.05, 4.69) is 69.6 Å². The molecule has 2 aromatic heterocycles. The van der Waals surface area contributed by atoms with Crippen LogP contribution in [-0.2, 0) is 17.8 Å². The zero-order valence-corrected chi connectivity index (χ0v) is 15.7. The first-order valence-electron chi connectivity index (χ1n) is 9.35. The van der Waals surface area contributed by atoms with Crippen molar-refractivity contribution in [3.8, 4) is 0 Å². The average Bonchev–Trinajstić information content (AvgIpc) is 3.36. The van der Waals surface area contributed by atoms with Gasteiger partial charge in [-0.05, 0) is 48.4 Å².